The number of ether oxygens (including phenoxy) is 2. The zero-order valence-corrected chi connectivity index (χ0v) is 16.7. The maximum absolute atomic E-state index is 12.2. The summed E-state index contributed by atoms with van der Waals surface area (Å²) in [6.45, 7) is 2.02. The van der Waals surface area contributed by atoms with E-state index in [1.165, 1.54) is 0 Å². The molecule has 3 rings (SSSR count). The van der Waals surface area contributed by atoms with E-state index in [-0.39, 0.29) is 23.5 Å². The molecule has 0 radical (unpaired) electrons. The number of nitrogens with zero attached hydrogens (tertiary/aromatic N) is 2. The van der Waals surface area contributed by atoms with E-state index in [2.05, 4.69) is 15.5 Å². The Hall–Kier alpha value is -3.33. The highest BCUT2D eigenvalue weighted by Gasteiger charge is 2.15. The molecule has 9 heteroatoms. The second kappa shape index (κ2) is 9.74. The average molecular weight is 413 g/mol. The summed E-state index contributed by atoms with van der Waals surface area (Å²) >= 11 is 1.11. The molecule has 0 saturated heterocycles. The van der Waals surface area contributed by atoms with Crippen molar-refractivity contribution in [2.45, 2.75) is 12.1 Å². The number of hydrogen-bond acceptors (Lipinski definition) is 8. The van der Waals surface area contributed by atoms with Crippen molar-refractivity contribution in [1.29, 1.82) is 0 Å². The van der Waals surface area contributed by atoms with Gasteiger partial charge in [-0.3, -0.25) is 4.79 Å². The summed E-state index contributed by atoms with van der Waals surface area (Å²) in [6, 6.07) is 13.8. The Kier molecular flexibility index (Phi) is 6.85. The molecule has 0 aliphatic carbocycles. The van der Waals surface area contributed by atoms with Gasteiger partial charge in [0, 0.05) is 5.69 Å². The van der Waals surface area contributed by atoms with Crippen molar-refractivity contribution in [3.8, 4) is 17.2 Å². The van der Waals surface area contributed by atoms with Crippen molar-refractivity contribution in [2.75, 3.05) is 24.8 Å². The van der Waals surface area contributed by atoms with Gasteiger partial charge in [0.25, 0.3) is 11.1 Å². The Morgan fingerprint density at radius 1 is 1.14 bits per heavy atom. The summed E-state index contributed by atoms with van der Waals surface area (Å²) in [4.78, 5) is 24.0. The number of rotatable bonds is 8. The minimum Gasteiger partial charge on any atom is -0.496 e. The van der Waals surface area contributed by atoms with Crippen molar-refractivity contribution in [1.82, 2.24) is 10.2 Å². The van der Waals surface area contributed by atoms with Gasteiger partial charge in [0.05, 0.1) is 30.6 Å². The maximum Gasteiger partial charge on any atom is 0.338 e. The molecule has 0 saturated carbocycles. The highest BCUT2D eigenvalue weighted by atomic mass is 32.2. The summed E-state index contributed by atoms with van der Waals surface area (Å²) in [5.74, 6) is 0.289. The number of thioether (sulfide) groups is 1. The normalized spacial score (nSPS) is 10.4. The van der Waals surface area contributed by atoms with Gasteiger partial charge in [-0.15, -0.1) is 10.2 Å². The lowest BCUT2D eigenvalue weighted by molar-refractivity contribution is -0.113. The fourth-order valence-corrected chi connectivity index (χ4v) is 3.02. The van der Waals surface area contributed by atoms with E-state index in [1.54, 1.807) is 44.4 Å². The summed E-state index contributed by atoms with van der Waals surface area (Å²) in [6.07, 6.45) is 0. The minimum atomic E-state index is -0.437. The molecule has 0 unspecified atom stereocenters. The minimum absolute atomic E-state index is 0.0667. The summed E-state index contributed by atoms with van der Waals surface area (Å²) < 4.78 is 15.8. The highest BCUT2D eigenvalue weighted by molar-refractivity contribution is 7.99. The van der Waals surface area contributed by atoms with E-state index in [0.29, 0.717) is 28.5 Å². The zero-order valence-electron chi connectivity index (χ0n) is 15.9. The Bertz CT molecular complexity index is 1010. The van der Waals surface area contributed by atoms with Gasteiger partial charge in [-0.25, -0.2) is 4.79 Å². The van der Waals surface area contributed by atoms with Crippen LogP contribution in [0.5, 0.6) is 5.75 Å². The Morgan fingerprint density at radius 2 is 1.97 bits per heavy atom. The van der Waals surface area contributed by atoms with Crippen LogP contribution in [0.4, 0.5) is 5.69 Å². The average Bonchev–Trinajstić information content (AvgIpc) is 3.21. The molecule has 0 aliphatic rings. The fourth-order valence-electron chi connectivity index (χ4n) is 2.46. The predicted molar refractivity (Wildman–Crippen MR) is 108 cm³/mol. The molecule has 1 heterocycles. The third kappa shape index (κ3) is 5.35. The molecule has 0 fully saturated rings. The van der Waals surface area contributed by atoms with E-state index in [0.717, 1.165) is 11.8 Å². The van der Waals surface area contributed by atoms with E-state index >= 15 is 0 Å². The van der Waals surface area contributed by atoms with Gasteiger partial charge in [0.15, 0.2) is 0 Å². The predicted octanol–water partition coefficient (Wildman–Crippen LogP) is 3.65. The molecule has 2 aromatic carbocycles. The molecule has 29 heavy (non-hydrogen) atoms. The van der Waals surface area contributed by atoms with E-state index in [1.807, 2.05) is 18.2 Å². The third-order valence-corrected chi connectivity index (χ3v) is 4.55. The second-order valence-corrected chi connectivity index (χ2v) is 6.64. The van der Waals surface area contributed by atoms with Crippen molar-refractivity contribution in [2.24, 2.45) is 0 Å². The lowest BCUT2D eigenvalue weighted by Gasteiger charge is -2.06. The van der Waals surface area contributed by atoms with E-state index in [9.17, 15) is 9.59 Å². The number of anilines is 1. The van der Waals surface area contributed by atoms with Crippen LogP contribution in [0.25, 0.3) is 11.5 Å². The van der Waals surface area contributed by atoms with Crippen LogP contribution >= 0.6 is 11.8 Å². The number of benzene rings is 2. The van der Waals surface area contributed by atoms with Gasteiger partial charge in [-0.05, 0) is 37.3 Å². The molecule has 0 bridgehead atoms. The molecular weight excluding hydrogens is 394 g/mol. The number of esters is 1. The Labute approximate surface area is 171 Å². The largest absolute Gasteiger partial charge is 0.496 e. The summed E-state index contributed by atoms with van der Waals surface area (Å²) in [5.41, 5.74) is 1.55. The van der Waals surface area contributed by atoms with Crippen LogP contribution in [-0.4, -0.2) is 41.5 Å². The number of para-hydroxylation sites is 1. The van der Waals surface area contributed by atoms with Crippen molar-refractivity contribution >= 4 is 29.3 Å². The van der Waals surface area contributed by atoms with Crippen molar-refractivity contribution in [3.63, 3.8) is 0 Å². The lowest BCUT2D eigenvalue weighted by atomic mass is 10.2. The van der Waals surface area contributed by atoms with E-state index in [4.69, 9.17) is 13.9 Å². The molecule has 1 N–H and O–H groups in total. The number of carbonyl (C=O) groups excluding carboxylic acids is 2. The first kappa shape index (κ1) is 20.4. The first-order valence-corrected chi connectivity index (χ1v) is 9.76. The molecule has 1 aromatic heterocycles. The topological polar surface area (TPSA) is 104 Å². The molecule has 150 valence electrons. The number of carbonyl (C=O) groups is 2. The van der Waals surface area contributed by atoms with Gasteiger partial charge in [-0.2, -0.15) is 0 Å². The van der Waals surface area contributed by atoms with Gasteiger partial charge in [-0.1, -0.05) is 30.0 Å². The maximum atomic E-state index is 12.2. The number of methoxy groups -OCH3 is 1. The third-order valence-electron chi connectivity index (χ3n) is 3.73. The molecule has 0 spiro atoms. The molecule has 1 amide bonds. The molecule has 0 aliphatic heterocycles. The summed E-state index contributed by atoms with van der Waals surface area (Å²) in [7, 11) is 1.56. The van der Waals surface area contributed by atoms with Crippen molar-refractivity contribution < 1.29 is 23.5 Å². The van der Waals surface area contributed by atoms with Gasteiger partial charge in [0.1, 0.15) is 5.75 Å². The lowest BCUT2D eigenvalue weighted by Crippen LogP contribution is -2.14. The molecular formula is C20H19N3O5S. The number of aromatic nitrogens is 2. The number of hydrogen-bond donors (Lipinski definition) is 1. The van der Waals surface area contributed by atoms with E-state index < -0.39 is 5.97 Å². The van der Waals surface area contributed by atoms with Gasteiger partial charge >= 0.3 is 5.97 Å². The van der Waals surface area contributed by atoms with Gasteiger partial charge in [0.2, 0.25) is 5.91 Å². The first-order valence-electron chi connectivity index (χ1n) is 8.77. The van der Waals surface area contributed by atoms with Crippen LogP contribution in [0.1, 0.15) is 17.3 Å². The Morgan fingerprint density at radius 3 is 2.76 bits per heavy atom. The highest BCUT2D eigenvalue weighted by Crippen LogP contribution is 2.30. The smallest absolute Gasteiger partial charge is 0.338 e. The van der Waals surface area contributed by atoms with Crippen LogP contribution in [0.15, 0.2) is 58.2 Å². The van der Waals surface area contributed by atoms with Crippen LogP contribution in [0.3, 0.4) is 0 Å². The molecule has 8 nitrogen and oxygen atoms in total. The van der Waals surface area contributed by atoms with Gasteiger partial charge < -0.3 is 19.2 Å². The zero-order chi connectivity index (χ0) is 20.6. The molecule has 3 aromatic rings. The quantitative estimate of drug-likeness (QED) is 0.441. The standard InChI is InChI=1S/C20H19N3O5S/c1-3-27-19(25)13-7-6-8-14(11-13)21-17(24)12-29-20-23-22-18(28-20)15-9-4-5-10-16(15)26-2/h4-11H,3,12H2,1-2H3,(H,21,24). The summed E-state index contributed by atoms with van der Waals surface area (Å²) in [5, 5.41) is 11.0. The Balaban J connectivity index is 1.59. The van der Waals surface area contributed by atoms with Crippen LogP contribution in [0, 0.1) is 0 Å². The van der Waals surface area contributed by atoms with Crippen molar-refractivity contribution in [3.05, 3.63) is 54.1 Å². The first-order chi connectivity index (χ1) is 14.1. The van der Waals surface area contributed by atoms with Crippen LogP contribution < -0.4 is 10.1 Å². The van der Waals surface area contributed by atoms with Crippen LogP contribution in [-0.2, 0) is 9.53 Å². The monoisotopic (exact) mass is 413 g/mol. The number of nitrogens with one attached hydrogen (secondary N) is 1. The molecule has 0 atom stereocenters. The second-order valence-electron chi connectivity index (χ2n) is 5.71. The fraction of sp³-hybridized carbons (Fsp3) is 0.200. The van der Waals surface area contributed by atoms with Crippen LogP contribution in [0.2, 0.25) is 0 Å². The number of amides is 1. The SMILES string of the molecule is CCOC(=O)c1cccc(NC(=O)CSc2nnc(-c3ccccc3OC)o2)c1.